The van der Waals surface area contributed by atoms with Gasteiger partial charge in [0.1, 0.15) is 0 Å². The summed E-state index contributed by atoms with van der Waals surface area (Å²) in [7, 11) is 0. The summed E-state index contributed by atoms with van der Waals surface area (Å²) in [5.41, 5.74) is 3.16. The van der Waals surface area contributed by atoms with Crippen LogP contribution in [0.5, 0.6) is 11.5 Å². The Morgan fingerprint density at radius 1 is 0.636 bits per heavy atom. The van der Waals surface area contributed by atoms with Crippen LogP contribution in [0.25, 0.3) is 0 Å². The number of aromatic hydroxyl groups is 2. The first kappa shape index (κ1) is 18.9. The molecular weight excluding hydrogens is 272 g/mol. The van der Waals surface area contributed by atoms with E-state index in [9.17, 15) is 10.2 Å². The highest BCUT2D eigenvalue weighted by Crippen LogP contribution is 2.37. The average molecular weight is 306 g/mol. The van der Waals surface area contributed by atoms with Gasteiger partial charge >= 0.3 is 0 Å². The Hall–Kier alpha value is -1.18. The Morgan fingerprint density at radius 2 is 1.18 bits per heavy atom. The first-order valence-electron chi connectivity index (χ1n) is 9.21. The van der Waals surface area contributed by atoms with E-state index in [-0.39, 0.29) is 11.5 Å². The van der Waals surface area contributed by atoms with Gasteiger partial charge in [-0.05, 0) is 49.7 Å². The topological polar surface area (TPSA) is 40.5 Å². The Balaban J connectivity index is 2.99. The molecule has 0 saturated carbocycles. The maximum atomic E-state index is 10.4. The molecule has 0 aliphatic heterocycles. The van der Waals surface area contributed by atoms with Crippen LogP contribution >= 0.6 is 0 Å². The predicted octanol–water partition coefficient (Wildman–Crippen LogP) is 5.91. The summed E-state index contributed by atoms with van der Waals surface area (Å²) < 4.78 is 0. The summed E-state index contributed by atoms with van der Waals surface area (Å²) >= 11 is 0. The number of hydrogen-bond acceptors (Lipinski definition) is 2. The number of unbranched alkanes of at least 4 members (excludes halogenated alkanes) is 5. The van der Waals surface area contributed by atoms with Gasteiger partial charge in [0.25, 0.3) is 0 Å². The maximum absolute atomic E-state index is 10.4. The average Bonchev–Trinajstić information content (AvgIpc) is 2.52. The zero-order chi connectivity index (χ0) is 16.4. The Labute approximate surface area is 136 Å². The van der Waals surface area contributed by atoms with Gasteiger partial charge in [0.05, 0.1) is 0 Å². The zero-order valence-corrected chi connectivity index (χ0v) is 14.7. The third kappa shape index (κ3) is 5.55. The van der Waals surface area contributed by atoms with E-state index in [0.29, 0.717) is 0 Å². The number of hydrogen-bond donors (Lipinski definition) is 2. The third-order valence-electron chi connectivity index (χ3n) is 4.43. The highest BCUT2D eigenvalue weighted by atomic mass is 16.3. The Kier molecular flexibility index (Phi) is 9.03. The van der Waals surface area contributed by atoms with E-state index >= 15 is 0 Å². The third-order valence-corrected chi connectivity index (χ3v) is 4.43. The van der Waals surface area contributed by atoms with Crippen molar-refractivity contribution in [3.05, 3.63) is 22.8 Å². The molecule has 0 unspecified atom stereocenters. The van der Waals surface area contributed by atoms with E-state index in [4.69, 9.17) is 0 Å². The minimum atomic E-state index is 0.126. The lowest BCUT2D eigenvalue weighted by atomic mass is 9.92. The van der Waals surface area contributed by atoms with Crippen LogP contribution < -0.4 is 0 Å². The summed E-state index contributed by atoms with van der Waals surface area (Å²) in [4.78, 5) is 0. The number of phenols is 2. The van der Waals surface area contributed by atoms with Crippen molar-refractivity contribution in [2.45, 2.75) is 91.4 Å². The van der Waals surface area contributed by atoms with Crippen LogP contribution in [-0.4, -0.2) is 10.2 Å². The Bertz CT molecular complexity index is 438. The van der Waals surface area contributed by atoms with Crippen molar-refractivity contribution in [3.63, 3.8) is 0 Å². The van der Waals surface area contributed by atoms with E-state index in [0.717, 1.165) is 56.1 Å². The minimum absolute atomic E-state index is 0.126. The van der Waals surface area contributed by atoms with Gasteiger partial charge in [-0.25, -0.2) is 0 Å². The lowest BCUT2D eigenvalue weighted by Gasteiger charge is -2.16. The summed E-state index contributed by atoms with van der Waals surface area (Å²) in [6.07, 6.45) is 11.9. The van der Waals surface area contributed by atoms with Crippen LogP contribution in [0.3, 0.4) is 0 Å². The van der Waals surface area contributed by atoms with Crippen molar-refractivity contribution >= 4 is 0 Å². The zero-order valence-electron chi connectivity index (χ0n) is 14.7. The highest BCUT2D eigenvalue weighted by Gasteiger charge is 2.16. The second kappa shape index (κ2) is 10.5. The summed E-state index contributed by atoms with van der Waals surface area (Å²) in [6.45, 7) is 6.55. The molecule has 0 fully saturated rings. The number of phenolic OH excluding ortho intramolecular Hbond substituents is 2. The lowest BCUT2D eigenvalue weighted by Crippen LogP contribution is -2.00. The summed E-state index contributed by atoms with van der Waals surface area (Å²) in [5, 5.41) is 20.8. The van der Waals surface area contributed by atoms with Crippen LogP contribution in [0.1, 0.15) is 88.8 Å². The van der Waals surface area contributed by atoms with Gasteiger partial charge in [-0.15, -0.1) is 0 Å². The maximum Gasteiger partial charge on any atom is 0.161 e. The van der Waals surface area contributed by atoms with Crippen molar-refractivity contribution < 1.29 is 10.2 Å². The molecule has 0 aliphatic rings. The van der Waals surface area contributed by atoms with E-state index in [2.05, 4.69) is 26.8 Å². The van der Waals surface area contributed by atoms with Gasteiger partial charge in [-0.2, -0.15) is 0 Å². The van der Waals surface area contributed by atoms with E-state index in [1.807, 2.05) is 0 Å². The fraction of sp³-hybridized carbons (Fsp3) is 0.700. The molecule has 2 N–H and O–H groups in total. The standard InChI is InChI=1S/C20H34O2/c1-4-7-10-12-16-15-17(13-11-8-5-2)19(21)20(22)18(16)14-9-6-3/h15,21-22H,4-14H2,1-3H3. The van der Waals surface area contributed by atoms with Crippen LogP contribution in [0.15, 0.2) is 6.07 Å². The van der Waals surface area contributed by atoms with Gasteiger partial charge in [-0.1, -0.05) is 58.9 Å². The number of rotatable bonds is 11. The predicted molar refractivity (Wildman–Crippen MR) is 94.8 cm³/mol. The normalized spacial score (nSPS) is 11.0. The van der Waals surface area contributed by atoms with Crippen LogP contribution in [0, 0.1) is 0 Å². The molecule has 0 aliphatic carbocycles. The fourth-order valence-electron chi connectivity index (χ4n) is 2.99. The van der Waals surface area contributed by atoms with E-state index in [1.165, 1.54) is 31.2 Å². The SMILES string of the molecule is CCCCCc1cc(CCCCC)c(CCCC)c(O)c1O. The molecule has 0 amide bonds. The van der Waals surface area contributed by atoms with Gasteiger partial charge in [0.15, 0.2) is 11.5 Å². The molecule has 2 nitrogen and oxygen atoms in total. The minimum Gasteiger partial charge on any atom is -0.504 e. The lowest BCUT2D eigenvalue weighted by molar-refractivity contribution is 0.393. The molecular formula is C20H34O2. The van der Waals surface area contributed by atoms with Crippen molar-refractivity contribution in [1.82, 2.24) is 0 Å². The molecule has 126 valence electrons. The van der Waals surface area contributed by atoms with Crippen LogP contribution in [0.4, 0.5) is 0 Å². The van der Waals surface area contributed by atoms with Crippen LogP contribution in [-0.2, 0) is 19.3 Å². The molecule has 1 rings (SSSR count). The first-order chi connectivity index (χ1) is 10.7. The Morgan fingerprint density at radius 3 is 1.73 bits per heavy atom. The molecule has 0 saturated heterocycles. The molecule has 0 atom stereocenters. The second-order valence-corrected chi connectivity index (χ2v) is 6.39. The molecule has 22 heavy (non-hydrogen) atoms. The van der Waals surface area contributed by atoms with Crippen molar-refractivity contribution in [2.24, 2.45) is 0 Å². The molecule has 0 heterocycles. The second-order valence-electron chi connectivity index (χ2n) is 6.39. The molecule has 2 heteroatoms. The summed E-state index contributed by atoms with van der Waals surface area (Å²) in [5.74, 6) is 0.274. The van der Waals surface area contributed by atoms with Crippen molar-refractivity contribution in [3.8, 4) is 11.5 Å². The molecule has 0 radical (unpaired) electrons. The fourth-order valence-corrected chi connectivity index (χ4v) is 2.99. The first-order valence-corrected chi connectivity index (χ1v) is 9.21. The number of aryl methyl sites for hydroxylation is 2. The van der Waals surface area contributed by atoms with Gasteiger partial charge < -0.3 is 10.2 Å². The van der Waals surface area contributed by atoms with Crippen LogP contribution in [0.2, 0.25) is 0 Å². The van der Waals surface area contributed by atoms with Gasteiger partial charge in [-0.3, -0.25) is 0 Å². The van der Waals surface area contributed by atoms with E-state index < -0.39 is 0 Å². The molecule has 0 spiro atoms. The summed E-state index contributed by atoms with van der Waals surface area (Å²) in [6, 6.07) is 2.16. The van der Waals surface area contributed by atoms with Crippen molar-refractivity contribution in [2.75, 3.05) is 0 Å². The quantitative estimate of drug-likeness (QED) is 0.394. The van der Waals surface area contributed by atoms with E-state index in [1.54, 1.807) is 0 Å². The smallest absolute Gasteiger partial charge is 0.161 e. The molecule has 1 aromatic rings. The van der Waals surface area contributed by atoms with Gasteiger partial charge in [0, 0.05) is 5.56 Å². The highest BCUT2D eigenvalue weighted by molar-refractivity contribution is 5.54. The monoisotopic (exact) mass is 306 g/mol. The van der Waals surface area contributed by atoms with Gasteiger partial charge in [0.2, 0.25) is 0 Å². The molecule has 1 aromatic carbocycles. The number of benzene rings is 1. The molecule has 0 bridgehead atoms. The van der Waals surface area contributed by atoms with Crippen molar-refractivity contribution in [1.29, 1.82) is 0 Å². The largest absolute Gasteiger partial charge is 0.504 e. The molecule has 0 aromatic heterocycles.